The van der Waals surface area contributed by atoms with Gasteiger partial charge in [0.15, 0.2) is 0 Å². The first-order chi connectivity index (χ1) is 16.5. The van der Waals surface area contributed by atoms with E-state index >= 15 is 4.39 Å². The van der Waals surface area contributed by atoms with Gasteiger partial charge in [0.05, 0.1) is 0 Å². The first-order valence-corrected chi connectivity index (χ1v) is 12.9. The van der Waals surface area contributed by atoms with Gasteiger partial charge in [0.1, 0.15) is 5.67 Å². The van der Waals surface area contributed by atoms with Crippen LogP contribution in [0.4, 0.5) is 14.9 Å². The number of hydrogen-bond acceptors (Lipinski definition) is 4. The van der Waals surface area contributed by atoms with Gasteiger partial charge in [-0.15, -0.1) is 0 Å². The van der Waals surface area contributed by atoms with Crippen LogP contribution >= 0.6 is 0 Å². The number of alkyl halides is 1. The van der Waals surface area contributed by atoms with Gasteiger partial charge >= 0.3 is 6.03 Å². The molecule has 1 aromatic heterocycles. The molecule has 2 N–H and O–H groups in total. The summed E-state index contributed by atoms with van der Waals surface area (Å²) < 4.78 is 17.6. The molecule has 0 atom stereocenters. The Morgan fingerprint density at radius 3 is 2.50 bits per heavy atom. The average molecular weight is 468 g/mol. The second kappa shape index (κ2) is 8.64. The summed E-state index contributed by atoms with van der Waals surface area (Å²) in [6.45, 7) is 4.41. The summed E-state index contributed by atoms with van der Waals surface area (Å²) in [5.41, 5.74) is 2.41. The Hall–Kier alpha value is -2.45. The minimum Gasteiger partial charge on any atom is -0.344 e. The number of nitrogens with zero attached hydrogens (tertiary/aromatic N) is 3. The van der Waals surface area contributed by atoms with Gasteiger partial charge in [-0.25, -0.2) is 9.18 Å². The van der Waals surface area contributed by atoms with E-state index in [0.29, 0.717) is 44.3 Å². The zero-order valence-electron chi connectivity index (χ0n) is 19.7. The normalized spacial score (nSPS) is 24.6. The molecule has 0 spiro atoms. The van der Waals surface area contributed by atoms with E-state index in [1.807, 2.05) is 6.07 Å². The fraction of sp³-hybridized carbons (Fsp3) is 0.615. The van der Waals surface area contributed by atoms with Gasteiger partial charge in [-0.2, -0.15) is 0 Å². The van der Waals surface area contributed by atoms with Crippen molar-refractivity contribution in [2.24, 2.45) is 0 Å². The van der Waals surface area contributed by atoms with Gasteiger partial charge in [0.25, 0.3) is 0 Å². The number of carbonyl (C=O) groups excluding carboxylic acids is 2. The SMILES string of the molecule is O=C1CCN(c2ccc3c(c2)c(C2CC2)cn3C2CCN(CC3(F)CCNCC3)CC2)C(=O)N1. The van der Waals surface area contributed by atoms with Gasteiger partial charge in [-0.1, -0.05) is 0 Å². The summed E-state index contributed by atoms with van der Waals surface area (Å²) in [7, 11) is 0. The maximum absolute atomic E-state index is 15.2. The molecule has 4 aliphatic rings. The van der Waals surface area contributed by atoms with Crippen LogP contribution in [0.25, 0.3) is 10.9 Å². The number of urea groups is 1. The number of nitrogens with one attached hydrogen (secondary N) is 2. The van der Waals surface area contributed by atoms with E-state index < -0.39 is 5.67 Å². The number of fused-ring (bicyclic) bond motifs is 1. The Morgan fingerprint density at radius 1 is 1.03 bits per heavy atom. The van der Waals surface area contributed by atoms with Crippen molar-refractivity contribution in [3.63, 3.8) is 0 Å². The molecule has 0 radical (unpaired) electrons. The van der Waals surface area contributed by atoms with Crippen molar-refractivity contribution >= 4 is 28.5 Å². The largest absolute Gasteiger partial charge is 0.344 e. The summed E-state index contributed by atoms with van der Waals surface area (Å²) in [6.07, 6.45) is 8.39. The second-order valence-electron chi connectivity index (χ2n) is 10.6. The number of hydrogen-bond donors (Lipinski definition) is 2. The number of anilines is 1. The maximum atomic E-state index is 15.2. The summed E-state index contributed by atoms with van der Waals surface area (Å²) in [5, 5.41) is 6.92. The monoisotopic (exact) mass is 467 g/mol. The number of carbonyl (C=O) groups is 2. The summed E-state index contributed by atoms with van der Waals surface area (Å²) in [5.74, 6) is 0.388. The Labute approximate surface area is 199 Å². The Kier molecular flexibility index (Phi) is 5.60. The van der Waals surface area contributed by atoms with Crippen molar-refractivity contribution in [1.82, 2.24) is 20.1 Å². The minimum atomic E-state index is -1.04. The molecule has 6 rings (SSSR count). The smallest absolute Gasteiger partial charge is 0.328 e. The standard InChI is InChI=1S/C26H34FN5O2/c27-26(8-10-28-11-9-26)17-30-12-5-19(6-13-30)32-16-22(18-1-2-18)21-15-20(3-4-23(21)32)31-14-7-24(33)29-25(31)34/h3-4,15-16,18-19,28H,1-2,5-14,17H2,(H,29,33,34). The second-order valence-corrected chi connectivity index (χ2v) is 10.6. The molecule has 0 bridgehead atoms. The zero-order chi connectivity index (χ0) is 23.3. The van der Waals surface area contributed by atoms with Gasteiger partial charge in [-0.05, 0) is 81.3 Å². The van der Waals surface area contributed by atoms with Crippen LogP contribution in [0.3, 0.4) is 0 Å². The molecule has 8 heteroatoms. The fourth-order valence-electron chi connectivity index (χ4n) is 6.06. The van der Waals surface area contributed by atoms with Crippen LogP contribution in [-0.2, 0) is 4.79 Å². The lowest BCUT2D eigenvalue weighted by Gasteiger charge is -2.39. The van der Waals surface area contributed by atoms with Crippen molar-refractivity contribution < 1.29 is 14.0 Å². The van der Waals surface area contributed by atoms with Crippen LogP contribution in [0.5, 0.6) is 0 Å². The lowest BCUT2D eigenvalue weighted by Crippen LogP contribution is -2.49. The third-order valence-electron chi connectivity index (χ3n) is 8.19. The van der Waals surface area contributed by atoms with Crippen LogP contribution in [0, 0.1) is 0 Å². The number of aromatic nitrogens is 1. The van der Waals surface area contributed by atoms with Gasteiger partial charge in [-0.3, -0.25) is 15.0 Å². The first kappa shape index (κ1) is 22.0. The fourth-order valence-corrected chi connectivity index (χ4v) is 6.06. The van der Waals surface area contributed by atoms with E-state index in [1.54, 1.807) is 4.90 Å². The molecule has 34 heavy (non-hydrogen) atoms. The molecule has 3 saturated heterocycles. The van der Waals surface area contributed by atoms with Crippen molar-refractivity contribution in [2.75, 3.05) is 44.2 Å². The Bertz CT molecular complexity index is 1100. The van der Waals surface area contributed by atoms with Gasteiger partial charge in [0, 0.05) is 61.4 Å². The van der Waals surface area contributed by atoms with E-state index in [-0.39, 0.29) is 11.9 Å². The molecule has 2 aromatic rings. The predicted molar refractivity (Wildman–Crippen MR) is 130 cm³/mol. The number of rotatable bonds is 5. The number of piperidine rings is 2. The highest BCUT2D eigenvalue weighted by molar-refractivity contribution is 6.06. The highest BCUT2D eigenvalue weighted by Gasteiger charge is 2.36. The molecule has 4 heterocycles. The first-order valence-electron chi connectivity index (χ1n) is 12.9. The molecule has 4 fully saturated rings. The third kappa shape index (κ3) is 4.22. The molecule has 3 aliphatic heterocycles. The summed E-state index contributed by atoms with van der Waals surface area (Å²) in [6, 6.07) is 6.35. The number of imide groups is 1. The third-order valence-corrected chi connectivity index (χ3v) is 8.19. The minimum absolute atomic E-state index is 0.211. The van der Waals surface area contributed by atoms with E-state index in [1.165, 1.54) is 29.3 Å². The number of likely N-dealkylation sites (tertiary alicyclic amines) is 1. The number of amides is 3. The van der Waals surface area contributed by atoms with Gasteiger partial charge < -0.3 is 14.8 Å². The zero-order valence-corrected chi connectivity index (χ0v) is 19.7. The van der Waals surface area contributed by atoms with Crippen LogP contribution in [0.15, 0.2) is 24.4 Å². The van der Waals surface area contributed by atoms with Crippen molar-refractivity contribution in [3.8, 4) is 0 Å². The van der Waals surface area contributed by atoms with Gasteiger partial charge in [0.2, 0.25) is 5.91 Å². The quantitative estimate of drug-likeness (QED) is 0.704. The maximum Gasteiger partial charge on any atom is 0.328 e. The Balaban J connectivity index is 1.21. The summed E-state index contributed by atoms with van der Waals surface area (Å²) >= 11 is 0. The van der Waals surface area contributed by atoms with E-state index in [2.05, 4.69) is 38.4 Å². The average Bonchev–Trinajstić information content (AvgIpc) is 3.60. The van der Waals surface area contributed by atoms with E-state index in [4.69, 9.17) is 0 Å². The molecule has 7 nitrogen and oxygen atoms in total. The topological polar surface area (TPSA) is 69.6 Å². The summed E-state index contributed by atoms with van der Waals surface area (Å²) in [4.78, 5) is 27.9. The van der Waals surface area contributed by atoms with Crippen molar-refractivity contribution in [1.29, 1.82) is 0 Å². The molecule has 0 unspecified atom stereocenters. The molecule has 1 saturated carbocycles. The molecule has 1 aromatic carbocycles. The highest BCUT2D eigenvalue weighted by Crippen LogP contribution is 2.46. The Morgan fingerprint density at radius 2 is 1.79 bits per heavy atom. The lowest BCUT2D eigenvalue weighted by atomic mass is 9.92. The molecule has 1 aliphatic carbocycles. The van der Waals surface area contributed by atoms with Crippen molar-refractivity contribution in [3.05, 3.63) is 30.0 Å². The van der Waals surface area contributed by atoms with Crippen LogP contribution in [0.2, 0.25) is 0 Å². The van der Waals surface area contributed by atoms with Crippen LogP contribution in [0.1, 0.15) is 62.5 Å². The predicted octanol–water partition coefficient (Wildman–Crippen LogP) is 3.69. The molecule has 3 amide bonds. The van der Waals surface area contributed by atoms with Crippen molar-refractivity contribution in [2.45, 2.75) is 62.6 Å². The molecule has 182 valence electrons. The molecular formula is C26H34FN5O2. The number of benzene rings is 1. The number of halogens is 1. The lowest BCUT2D eigenvalue weighted by molar-refractivity contribution is -0.120. The van der Waals surface area contributed by atoms with E-state index in [9.17, 15) is 9.59 Å². The highest BCUT2D eigenvalue weighted by atomic mass is 19.1. The molecular weight excluding hydrogens is 433 g/mol. The van der Waals surface area contributed by atoms with Crippen LogP contribution < -0.4 is 15.5 Å². The van der Waals surface area contributed by atoms with Crippen LogP contribution in [-0.4, -0.2) is 66.3 Å². The van der Waals surface area contributed by atoms with E-state index in [0.717, 1.165) is 44.7 Å².